The normalized spacial score (nSPS) is 16.3. The van der Waals surface area contributed by atoms with Gasteiger partial charge < -0.3 is 10.2 Å². The van der Waals surface area contributed by atoms with Crippen molar-refractivity contribution in [2.75, 3.05) is 31.9 Å². The Kier molecular flexibility index (Phi) is 7.68. The Balaban J connectivity index is 0.000000487. The van der Waals surface area contributed by atoms with Crippen molar-refractivity contribution in [3.8, 4) is 0 Å². The average Bonchev–Trinajstić information content (AvgIpc) is 2.63. The van der Waals surface area contributed by atoms with Crippen LogP contribution in [0.25, 0.3) is 0 Å². The van der Waals surface area contributed by atoms with Gasteiger partial charge in [0.1, 0.15) is 0 Å². The summed E-state index contributed by atoms with van der Waals surface area (Å²) in [5.74, 6) is -3.61. The van der Waals surface area contributed by atoms with Crippen LogP contribution in [-0.2, 0) is 29.6 Å². The Morgan fingerprint density at radius 3 is 1.69 bits per heavy atom. The lowest BCUT2D eigenvalue weighted by atomic mass is 10.4. The quantitative estimate of drug-likeness (QED) is 0.633. The Morgan fingerprint density at radius 2 is 1.31 bits per heavy atom. The van der Waals surface area contributed by atoms with E-state index in [-0.39, 0.29) is 36.8 Å². The number of carboxylic acid groups (broad SMARTS) is 2. The summed E-state index contributed by atoms with van der Waals surface area (Å²) < 4.78 is 50.9. The molecule has 0 amide bonds. The van der Waals surface area contributed by atoms with E-state index in [9.17, 15) is 16.8 Å². The molecule has 1 fully saturated rings. The molecule has 10 nitrogen and oxygen atoms in total. The van der Waals surface area contributed by atoms with Crippen LogP contribution in [-0.4, -0.2) is 79.5 Å². The molecule has 26 heavy (non-hydrogen) atoms. The van der Waals surface area contributed by atoms with E-state index in [1.54, 1.807) is 37.3 Å². The summed E-state index contributed by atoms with van der Waals surface area (Å²) in [5.41, 5.74) is 0. The van der Waals surface area contributed by atoms with Gasteiger partial charge in [-0.25, -0.2) is 26.4 Å². The zero-order valence-corrected chi connectivity index (χ0v) is 15.6. The summed E-state index contributed by atoms with van der Waals surface area (Å²) >= 11 is 0. The second-order valence-corrected chi connectivity index (χ2v) is 9.32. The molecule has 0 radical (unpaired) electrons. The molecule has 1 heterocycles. The second-order valence-electron chi connectivity index (χ2n) is 5.13. The van der Waals surface area contributed by atoms with Crippen LogP contribution in [0.15, 0.2) is 35.2 Å². The molecule has 1 aromatic rings. The maximum atomic E-state index is 12.4. The van der Waals surface area contributed by atoms with Crippen LogP contribution >= 0.6 is 0 Å². The van der Waals surface area contributed by atoms with E-state index in [0.29, 0.717) is 0 Å². The van der Waals surface area contributed by atoms with Gasteiger partial charge in [-0.3, -0.25) is 0 Å². The molecule has 0 atom stereocenters. The third-order valence-corrected chi connectivity index (χ3v) is 7.31. The average molecular weight is 408 g/mol. The van der Waals surface area contributed by atoms with Crippen molar-refractivity contribution >= 4 is 32.0 Å². The minimum atomic E-state index is -3.53. The van der Waals surface area contributed by atoms with Gasteiger partial charge in [0.2, 0.25) is 20.0 Å². The fourth-order valence-electron chi connectivity index (χ4n) is 2.11. The summed E-state index contributed by atoms with van der Waals surface area (Å²) in [6, 6.07) is 8.19. The number of hydrogen-bond acceptors (Lipinski definition) is 6. The first kappa shape index (κ1) is 22.0. The molecule has 1 aromatic carbocycles. The molecule has 2 rings (SSSR count). The zero-order valence-electron chi connectivity index (χ0n) is 14.0. The SMILES string of the molecule is CCS(=O)(=O)N1CCN(S(=O)(=O)c2ccccc2)CC1.O=C(O)C(=O)O. The van der Waals surface area contributed by atoms with Crippen LogP contribution in [0.5, 0.6) is 0 Å². The van der Waals surface area contributed by atoms with Gasteiger partial charge in [-0.2, -0.15) is 8.61 Å². The molecule has 0 aromatic heterocycles. The number of aliphatic carboxylic acids is 2. The number of benzene rings is 1. The molecular formula is C14H20N2O8S2. The van der Waals surface area contributed by atoms with E-state index < -0.39 is 32.0 Å². The highest BCUT2D eigenvalue weighted by atomic mass is 32.2. The lowest BCUT2D eigenvalue weighted by Crippen LogP contribution is -2.50. The molecular weight excluding hydrogens is 388 g/mol. The fraction of sp³-hybridized carbons (Fsp3) is 0.429. The first-order valence-electron chi connectivity index (χ1n) is 7.51. The van der Waals surface area contributed by atoms with Gasteiger partial charge in [0, 0.05) is 26.2 Å². The van der Waals surface area contributed by atoms with Crippen LogP contribution in [0.3, 0.4) is 0 Å². The predicted octanol–water partition coefficient (Wildman–Crippen LogP) is -0.502. The summed E-state index contributed by atoms with van der Waals surface area (Å²) in [6.45, 7) is 2.39. The van der Waals surface area contributed by atoms with Crippen LogP contribution in [0.2, 0.25) is 0 Å². The van der Waals surface area contributed by atoms with Gasteiger partial charge >= 0.3 is 11.9 Å². The van der Waals surface area contributed by atoms with Crippen LogP contribution in [0.1, 0.15) is 6.92 Å². The van der Waals surface area contributed by atoms with Crippen molar-refractivity contribution in [1.82, 2.24) is 8.61 Å². The van der Waals surface area contributed by atoms with E-state index in [1.807, 2.05) is 0 Å². The summed E-state index contributed by atoms with van der Waals surface area (Å²) in [5, 5.41) is 14.8. The molecule has 1 aliphatic rings. The lowest BCUT2D eigenvalue weighted by molar-refractivity contribution is -0.159. The molecule has 1 aliphatic heterocycles. The highest BCUT2D eigenvalue weighted by molar-refractivity contribution is 7.89. The number of carbonyl (C=O) groups is 2. The molecule has 0 saturated carbocycles. The summed E-state index contributed by atoms with van der Waals surface area (Å²) in [4.78, 5) is 18.4. The first-order valence-corrected chi connectivity index (χ1v) is 10.6. The Labute approximate surface area is 151 Å². The zero-order chi connectivity index (χ0) is 20.0. The van der Waals surface area contributed by atoms with Crippen molar-refractivity contribution in [1.29, 1.82) is 0 Å². The number of piperazine rings is 1. The summed E-state index contributed by atoms with van der Waals surface area (Å²) in [7, 11) is -6.77. The highest BCUT2D eigenvalue weighted by Gasteiger charge is 2.31. The van der Waals surface area contributed by atoms with Gasteiger partial charge in [-0.1, -0.05) is 18.2 Å². The monoisotopic (exact) mass is 408 g/mol. The maximum Gasteiger partial charge on any atom is 0.414 e. The standard InChI is InChI=1S/C12H18N2O4S2.C2H2O4/c1-2-19(15,16)13-8-10-14(11-9-13)20(17,18)12-6-4-3-5-7-12;3-1(4)2(5)6/h3-7H,2,8-11H2,1H3;(H,3,4)(H,5,6). The van der Waals surface area contributed by atoms with Crippen molar-refractivity contribution in [2.45, 2.75) is 11.8 Å². The Hall–Kier alpha value is -2.02. The van der Waals surface area contributed by atoms with Crippen LogP contribution in [0.4, 0.5) is 0 Å². The van der Waals surface area contributed by atoms with Crippen molar-refractivity contribution < 1.29 is 36.6 Å². The third kappa shape index (κ3) is 5.76. The van der Waals surface area contributed by atoms with Gasteiger partial charge in [0.05, 0.1) is 10.6 Å². The van der Waals surface area contributed by atoms with E-state index in [2.05, 4.69) is 0 Å². The molecule has 0 aliphatic carbocycles. The molecule has 0 spiro atoms. The van der Waals surface area contributed by atoms with Gasteiger partial charge in [0.25, 0.3) is 0 Å². The fourth-order valence-corrected chi connectivity index (χ4v) is 4.64. The number of sulfonamides is 2. The minimum absolute atomic E-state index is 0.0401. The number of hydrogen-bond donors (Lipinski definition) is 2. The number of nitrogens with zero attached hydrogens (tertiary/aromatic N) is 2. The van der Waals surface area contributed by atoms with E-state index in [1.165, 1.54) is 8.61 Å². The van der Waals surface area contributed by atoms with E-state index >= 15 is 0 Å². The number of carboxylic acids is 2. The first-order chi connectivity index (χ1) is 12.0. The lowest BCUT2D eigenvalue weighted by Gasteiger charge is -2.33. The Bertz CT molecular complexity index is 817. The van der Waals surface area contributed by atoms with Crippen LogP contribution in [0, 0.1) is 0 Å². The highest BCUT2D eigenvalue weighted by Crippen LogP contribution is 2.18. The van der Waals surface area contributed by atoms with Crippen molar-refractivity contribution in [2.24, 2.45) is 0 Å². The van der Waals surface area contributed by atoms with E-state index in [4.69, 9.17) is 19.8 Å². The van der Waals surface area contributed by atoms with Gasteiger partial charge in [0.15, 0.2) is 0 Å². The molecule has 2 N–H and O–H groups in total. The topological polar surface area (TPSA) is 149 Å². The minimum Gasteiger partial charge on any atom is -0.473 e. The molecule has 0 bridgehead atoms. The second kappa shape index (κ2) is 9.07. The predicted molar refractivity (Wildman–Crippen MR) is 91.5 cm³/mol. The van der Waals surface area contributed by atoms with Crippen LogP contribution < -0.4 is 0 Å². The molecule has 12 heteroatoms. The van der Waals surface area contributed by atoms with E-state index in [0.717, 1.165) is 0 Å². The van der Waals surface area contributed by atoms with Crippen molar-refractivity contribution in [3.63, 3.8) is 0 Å². The smallest absolute Gasteiger partial charge is 0.414 e. The Morgan fingerprint density at radius 1 is 0.885 bits per heavy atom. The number of rotatable bonds is 4. The largest absolute Gasteiger partial charge is 0.473 e. The maximum absolute atomic E-state index is 12.4. The van der Waals surface area contributed by atoms with Gasteiger partial charge in [-0.05, 0) is 19.1 Å². The summed E-state index contributed by atoms with van der Waals surface area (Å²) in [6.07, 6.45) is 0. The molecule has 1 saturated heterocycles. The third-order valence-electron chi connectivity index (χ3n) is 3.52. The van der Waals surface area contributed by atoms with Gasteiger partial charge in [-0.15, -0.1) is 0 Å². The molecule has 146 valence electrons. The van der Waals surface area contributed by atoms with Crippen molar-refractivity contribution in [3.05, 3.63) is 30.3 Å². The molecule has 0 unspecified atom stereocenters.